The molecule has 0 saturated carbocycles. The van der Waals surface area contributed by atoms with E-state index in [1.54, 1.807) is 18.4 Å². The molecule has 5 heteroatoms. The van der Waals surface area contributed by atoms with Gasteiger partial charge in [-0.1, -0.05) is 0 Å². The first-order chi connectivity index (χ1) is 13.7. The Labute approximate surface area is 169 Å². The molecule has 0 unspecified atom stereocenters. The van der Waals surface area contributed by atoms with Crippen LogP contribution >= 0.6 is 11.3 Å². The predicted molar refractivity (Wildman–Crippen MR) is 114 cm³/mol. The summed E-state index contributed by atoms with van der Waals surface area (Å²) in [6, 6.07) is 13.4. The smallest absolute Gasteiger partial charge is 0.194 e. The van der Waals surface area contributed by atoms with Crippen molar-refractivity contribution in [3.63, 3.8) is 0 Å². The van der Waals surface area contributed by atoms with Crippen molar-refractivity contribution in [3.8, 4) is 11.5 Å². The second-order valence-electron chi connectivity index (χ2n) is 7.15. The molecular weight excluding hydrogens is 370 g/mol. The summed E-state index contributed by atoms with van der Waals surface area (Å²) < 4.78 is 12.2. The van der Waals surface area contributed by atoms with Crippen LogP contribution in [-0.4, -0.2) is 44.0 Å². The lowest BCUT2D eigenvalue weighted by atomic mass is 10.0. The van der Waals surface area contributed by atoms with Crippen molar-refractivity contribution in [2.75, 3.05) is 33.4 Å². The van der Waals surface area contributed by atoms with Gasteiger partial charge in [0.05, 0.1) is 7.11 Å². The molecule has 146 valence electrons. The van der Waals surface area contributed by atoms with Gasteiger partial charge in [-0.15, -0.1) is 11.3 Å². The van der Waals surface area contributed by atoms with Crippen LogP contribution in [0, 0.1) is 6.92 Å². The number of carbonyl (C=O) groups is 1. The first kappa shape index (κ1) is 19.0. The van der Waals surface area contributed by atoms with E-state index in [2.05, 4.69) is 4.90 Å². The van der Waals surface area contributed by atoms with Gasteiger partial charge in [-0.25, -0.2) is 0 Å². The summed E-state index contributed by atoms with van der Waals surface area (Å²) in [6.45, 7) is 6.00. The Hall–Kier alpha value is -2.37. The maximum absolute atomic E-state index is 13.1. The van der Waals surface area contributed by atoms with Crippen molar-refractivity contribution >= 4 is 27.2 Å². The van der Waals surface area contributed by atoms with E-state index in [-0.39, 0.29) is 5.78 Å². The third-order valence-electron chi connectivity index (χ3n) is 5.29. The Bertz CT molecular complexity index is 971. The molecule has 0 radical (unpaired) electrons. The van der Waals surface area contributed by atoms with Crippen molar-refractivity contribution in [3.05, 3.63) is 58.5 Å². The number of aryl methyl sites for hydroxylation is 1. The van der Waals surface area contributed by atoms with Crippen molar-refractivity contribution in [1.29, 1.82) is 0 Å². The maximum atomic E-state index is 13.1. The number of carbonyl (C=O) groups excluding carboxylic acids is 1. The molecule has 0 amide bonds. The molecule has 1 aromatic heterocycles. The monoisotopic (exact) mass is 395 g/mol. The number of nitrogens with zero attached hydrogens (tertiary/aromatic N) is 1. The Balaban J connectivity index is 1.47. The maximum Gasteiger partial charge on any atom is 0.194 e. The average Bonchev–Trinajstić information content (AvgIpc) is 3.34. The van der Waals surface area contributed by atoms with Crippen molar-refractivity contribution in [1.82, 2.24) is 4.90 Å². The highest BCUT2D eigenvalue weighted by atomic mass is 32.1. The summed E-state index contributed by atoms with van der Waals surface area (Å²) in [6.07, 6.45) is 2.58. The highest BCUT2D eigenvalue weighted by molar-refractivity contribution is 7.19. The van der Waals surface area contributed by atoms with Gasteiger partial charge in [0.25, 0.3) is 0 Å². The normalized spacial score (nSPS) is 14.5. The minimum absolute atomic E-state index is 0.0533. The van der Waals surface area contributed by atoms with Gasteiger partial charge in [0.1, 0.15) is 18.1 Å². The lowest BCUT2D eigenvalue weighted by molar-refractivity contribution is 0.104. The number of rotatable bonds is 7. The summed E-state index contributed by atoms with van der Waals surface area (Å²) in [5.74, 6) is 1.67. The topological polar surface area (TPSA) is 38.8 Å². The van der Waals surface area contributed by atoms with E-state index >= 15 is 0 Å². The van der Waals surface area contributed by atoms with E-state index in [9.17, 15) is 4.79 Å². The fourth-order valence-electron chi connectivity index (χ4n) is 3.75. The number of hydrogen-bond acceptors (Lipinski definition) is 5. The van der Waals surface area contributed by atoms with Crippen LogP contribution in [0.2, 0.25) is 0 Å². The lowest BCUT2D eigenvalue weighted by Crippen LogP contribution is -2.25. The molecule has 0 spiro atoms. The summed E-state index contributed by atoms with van der Waals surface area (Å²) in [5, 5.41) is 0.985. The van der Waals surface area contributed by atoms with Gasteiger partial charge in [-0.2, -0.15) is 0 Å². The van der Waals surface area contributed by atoms with Gasteiger partial charge in [0.2, 0.25) is 0 Å². The molecule has 4 rings (SSSR count). The van der Waals surface area contributed by atoms with Crippen molar-refractivity contribution < 1.29 is 14.3 Å². The molecule has 0 atom stereocenters. The zero-order valence-corrected chi connectivity index (χ0v) is 17.2. The Morgan fingerprint density at radius 2 is 1.79 bits per heavy atom. The zero-order chi connectivity index (χ0) is 19.5. The molecule has 0 N–H and O–H groups in total. The minimum atomic E-state index is 0.0533. The number of ether oxygens (including phenoxy) is 2. The molecule has 3 aromatic rings. The van der Waals surface area contributed by atoms with Gasteiger partial charge in [0.15, 0.2) is 5.78 Å². The van der Waals surface area contributed by atoms with E-state index in [1.165, 1.54) is 25.9 Å². The van der Waals surface area contributed by atoms with Crippen LogP contribution in [0.15, 0.2) is 42.5 Å². The quantitative estimate of drug-likeness (QED) is 0.532. The molecule has 1 fully saturated rings. The number of likely N-dealkylation sites (tertiary alicyclic amines) is 1. The Kier molecular flexibility index (Phi) is 5.64. The number of benzene rings is 2. The van der Waals surface area contributed by atoms with Crippen molar-refractivity contribution in [2.45, 2.75) is 19.8 Å². The van der Waals surface area contributed by atoms with E-state index in [4.69, 9.17) is 9.47 Å². The average molecular weight is 396 g/mol. The van der Waals surface area contributed by atoms with Crippen LogP contribution < -0.4 is 9.47 Å². The minimum Gasteiger partial charge on any atom is -0.497 e. The molecule has 0 aliphatic carbocycles. The van der Waals surface area contributed by atoms with E-state index in [0.29, 0.717) is 12.2 Å². The van der Waals surface area contributed by atoms with Crippen LogP contribution in [-0.2, 0) is 0 Å². The second kappa shape index (κ2) is 8.33. The first-order valence-electron chi connectivity index (χ1n) is 9.73. The summed E-state index contributed by atoms with van der Waals surface area (Å²) in [5.41, 5.74) is 1.47. The van der Waals surface area contributed by atoms with E-state index < -0.39 is 0 Å². The second-order valence-corrected chi connectivity index (χ2v) is 8.40. The van der Waals surface area contributed by atoms with Gasteiger partial charge in [-0.3, -0.25) is 9.69 Å². The summed E-state index contributed by atoms with van der Waals surface area (Å²) in [7, 11) is 1.66. The van der Waals surface area contributed by atoms with Gasteiger partial charge >= 0.3 is 0 Å². The van der Waals surface area contributed by atoms with Crippen molar-refractivity contribution in [2.24, 2.45) is 0 Å². The molecular formula is C23H25NO3S. The molecule has 0 bridgehead atoms. The molecule has 28 heavy (non-hydrogen) atoms. The number of fused-ring (bicyclic) bond motifs is 1. The Morgan fingerprint density at radius 3 is 2.50 bits per heavy atom. The highest BCUT2D eigenvalue weighted by Crippen LogP contribution is 2.34. The molecule has 2 aromatic carbocycles. The third-order valence-corrected chi connectivity index (χ3v) is 6.36. The third kappa shape index (κ3) is 3.91. The molecule has 2 heterocycles. The van der Waals surface area contributed by atoms with Crippen LogP contribution in [0.3, 0.4) is 0 Å². The first-order valence-corrected chi connectivity index (χ1v) is 10.5. The molecule has 1 aliphatic rings. The fraction of sp³-hybridized carbons (Fsp3) is 0.348. The molecule has 1 saturated heterocycles. The lowest BCUT2D eigenvalue weighted by Gasteiger charge is -2.15. The molecule has 1 aliphatic heterocycles. The number of methoxy groups -OCH3 is 1. The Morgan fingerprint density at radius 1 is 1.07 bits per heavy atom. The van der Waals surface area contributed by atoms with Gasteiger partial charge in [0, 0.05) is 32.6 Å². The van der Waals surface area contributed by atoms with Crippen LogP contribution in [0.5, 0.6) is 11.5 Å². The number of hydrogen-bond donors (Lipinski definition) is 0. The fourth-order valence-corrected chi connectivity index (χ4v) is 4.84. The predicted octanol–water partition coefficient (Wildman–Crippen LogP) is 4.92. The summed E-state index contributed by atoms with van der Waals surface area (Å²) in [4.78, 5) is 16.6. The van der Waals surface area contributed by atoms with Crippen LogP contribution in [0.1, 0.15) is 33.6 Å². The zero-order valence-electron chi connectivity index (χ0n) is 16.4. The van der Waals surface area contributed by atoms with E-state index in [1.807, 2.05) is 49.4 Å². The largest absolute Gasteiger partial charge is 0.497 e. The van der Waals surface area contributed by atoms with Crippen LogP contribution in [0.25, 0.3) is 10.1 Å². The molecule has 4 nitrogen and oxygen atoms in total. The highest BCUT2D eigenvalue weighted by Gasteiger charge is 2.18. The van der Waals surface area contributed by atoms with Gasteiger partial charge < -0.3 is 9.47 Å². The standard InChI is InChI=1S/C23H25NO3S/c1-16-22(20-10-9-19(26-2)15-21(20)28-16)23(25)17-5-7-18(8-6-17)27-14-13-24-11-3-4-12-24/h5-10,15H,3-4,11-14H2,1-2H3. The van der Waals surface area contributed by atoms with Gasteiger partial charge in [-0.05, 0) is 75.3 Å². The number of ketones is 1. The summed E-state index contributed by atoms with van der Waals surface area (Å²) >= 11 is 1.63. The van der Waals surface area contributed by atoms with Crippen LogP contribution in [0.4, 0.5) is 0 Å². The SMILES string of the molecule is COc1ccc2c(C(=O)c3ccc(OCCN4CCCC4)cc3)c(C)sc2c1. The van der Waals surface area contributed by atoms with E-state index in [0.717, 1.165) is 38.6 Å². The number of thiophene rings is 1.